The molecule has 1 fully saturated rings. The number of benzene rings is 1. The van der Waals surface area contributed by atoms with Crippen molar-refractivity contribution in [1.82, 2.24) is 0 Å². The van der Waals surface area contributed by atoms with Crippen molar-refractivity contribution in [2.24, 2.45) is 5.73 Å². The normalized spacial score (nSPS) is 14.6. The minimum atomic E-state index is -0.284. The van der Waals surface area contributed by atoms with Crippen molar-refractivity contribution < 1.29 is 4.39 Å². The molecule has 1 aliphatic rings. The number of hydrogen-bond donors (Lipinski definition) is 1. The first kappa shape index (κ1) is 13.3. The maximum atomic E-state index is 13.3. The van der Waals surface area contributed by atoms with E-state index < -0.39 is 0 Å². The molecule has 0 spiro atoms. The van der Waals surface area contributed by atoms with Gasteiger partial charge in [0.25, 0.3) is 0 Å². The minimum Gasteiger partial charge on any atom is -0.389 e. The first-order valence-corrected chi connectivity index (χ1v) is 6.90. The topological polar surface area (TPSA) is 29.3 Å². The van der Waals surface area contributed by atoms with Crippen LogP contribution in [0, 0.1) is 5.82 Å². The van der Waals surface area contributed by atoms with Crippen LogP contribution < -0.4 is 10.6 Å². The van der Waals surface area contributed by atoms with Gasteiger partial charge < -0.3 is 10.6 Å². The lowest BCUT2D eigenvalue weighted by molar-refractivity contribution is 0.626. The summed E-state index contributed by atoms with van der Waals surface area (Å²) in [5, 5.41) is 0. The quantitative estimate of drug-likeness (QED) is 0.802. The second kappa shape index (κ2) is 5.65. The average molecular weight is 266 g/mol. The number of nitrogens with zero attached hydrogens (tertiary/aromatic N) is 1. The molecule has 0 saturated heterocycles. The molecule has 2 N–H and O–H groups in total. The highest BCUT2D eigenvalue weighted by atomic mass is 32.1. The highest BCUT2D eigenvalue weighted by molar-refractivity contribution is 7.80. The number of rotatable bonds is 6. The van der Waals surface area contributed by atoms with Crippen molar-refractivity contribution in [1.29, 1.82) is 0 Å². The molecule has 98 valence electrons. The molecule has 1 aliphatic carbocycles. The third kappa shape index (κ3) is 2.99. The highest BCUT2D eigenvalue weighted by Crippen LogP contribution is 2.34. The highest BCUT2D eigenvalue weighted by Gasteiger charge is 2.30. The van der Waals surface area contributed by atoms with Crippen molar-refractivity contribution in [2.75, 3.05) is 11.4 Å². The van der Waals surface area contributed by atoms with Crippen LogP contribution in [0.3, 0.4) is 0 Å². The van der Waals surface area contributed by atoms with Gasteiger partial charge >= 0.3 is 0 Å². The zero-order chi connectivity index (χ0) is 13.1. The lowest BCUT2D eigenvalue weighted by Gasteiger charge is -2.27. The van der Waals surface area contributed by atoms with E-state index in [9.17, 15) is 4.39 Å². The fourth-order valence-electron chi connectivity index (χ4n) is 2.17. The van der Waals surface area contributed by atoms with Crippen molar-refractivity contribution in [3.63, 3.8) is 0 Å². The predicted octanol–water partition coefficient (Wildman–Crippen LogP) is 3.23. The lowest BCUT2D eigenvalue weighted by Crippen LogP contribution is -2.29. The smallest absolute Gasteiger partial charge is 0.124 e. The van der Waals surface area contributed by atoms with E-state index in [1.807, 2.05) is 0 Å². The zero-order valence-electron chi connectivity index (χ0n) is 10.7. The Morgan fingerprint density at radius 2 is 2.22 bits per heavy atom. The van der Waals surface area contributed by atoms with Crippen molar-refractivity contribution in [3.8, 4) is 0 Å². The Morgan fingerprint density at radius 1 is 1.50 bits per heavy atom. The van der Waals surface area contributed by atoms with Gasteiger partial charge in [-0.1, -0.05) is 25.6 Å². The van der Waals surface area contributed by atoms with Crippen LogP contribution in [-0.4, -0.2) is 17.6 Å². The molecule has 0 amide bonds. The fraction of sp³-hybridized carbons (Fsp3) is 0.500. The van der Waals surface area contributed by atoms with Crippen LogP contribution in [0.1, 0.15) is 38.2 Å². The Balaban J connectivity index is 2.30. The van der Waals surface area contributed by atoms with Crippen molar-refractivity contribution in [2.45, 2.75) is 38.6 Å². The first-order valence-electron chi connectivity index (χ1n) is 6.49. The number of thiocarbonyl (C=S) groups is 1. The Labute approximate surface area is 113 Å². The summed E-state index contributed by atoms with van der Waals surface area (Å²) >= 11 is 5.03. The van der Waals surface area contributed by atoms with Crippen LogP contribution in [0.15, 0.2) is 18.2 Å². The summed E-state index contributed by atoms with van der Waals surface area (Å²) in [5.74, 6) is -0.284. The molecular formula is C14H19FN2S. The number of nitrogens with two attached hydrogens (primary N) is 1. The van der Waals surface area contributed by atoms with Gasteiger partial charge in [0.05, 0.1) is 0 Å². The molecule has 1 aromatic rings. The molecule has 0 bridgehead atoms. The van der Waals surface area contributed by atoms with Gasteiger partial charge in [-0.3, -0.25) is 0 Å². The summed E-state index contributed by atoms with van der Waals surface area (Å²) < 4.78 is 13.3. The Hall–Kier alpha value is -1.16. The molecule has 0 radical (unpaired) electrons. The molecule has 2 nitrogen and oxygen atoms in total. The molecule has 0 aromatic heterocycles. The van der Waals surface area contributed by atoms with Crippen LogP contribution in [-0.2, 0) is 0 Å². The van der Waals surface area contributed by atoms with Crippen LogP contribution in [0.5, 0.6) is 0 Å². The van der Waals surface area contributed by atoms with Gasteiger partial charge in [0.1, 0.15) is 10.8 Å². The third-order valence-electron chi connectivity index (χ3n) is 3.27. The molecular weight excluding hydrogens is 247 g/mol. The zero-order valence-corrected chi connectivity index (χ0v) is 11.5. The molecule has 18 heavy (non-hydrogen) atoms. The number of hydrogen-bond acceptors (Lipinski definition) is 2. The van der Waals surface area contributed by atoms with E-state index in [2.05, 4.69) is 11.8 Å². The second-order valence-corrected chi connectivity index (χ2v) is 5.24. The fourth-order valence-corrected chi connectivity index (χ4v) is 2.33. The van der Waals surface area contributed by atoms with Gasteiger partial charge in [0, 0.05) is 23.8 Å². The van der Waals surface area contributed by atoms with Gasteiger partial charge in [-0.2, -0.15) is 0 Å². The number of anilines is 1. The molecule has 1 aromatic carbocycles. The van der Waals surface area contributed by atoms with Crippen LogP contribution in [0.2, 0.25) is 0 Å². The maximum Gasteiger partial charge on any atom is 0.124 e. The van der Waals surface area contributed by atoms with Gasteiger partial charge in [0.15, 0.2) is 0 Å². The molecule has 0 atom stereocenters. The van der Waals surface area contributed by atoms with E-state index in [-0.39, 0.29) is 10.8 Å². The first-order chi connectivity index (χ1) is 8.63. The van der Waals surface area contributed by atoms with E-state index in [1.165, 1.54) is 25.0 Å². The average Bonchev–Trinajstić information content (AvgIpc) is 3.15. The van der Waals surface area contributed by atoms with Crippen molar-refractivity contribution >= 4 is 22.9 Å². The monoisotopic (exact) mass is 266 g/mol. The summed E-state index contributed by atoms with van der Waals surface area (Å²) in [7, 11) is 0. The van der Waals surface area contributed by atoms with Gasteiger partial charge in [-0.25, -0.2) is 4.39 Å². The largest absolute Gasteiger partial charge is 0.389 e. The van der Waals surface area contributed by atoms with E-state index in [4.69, 9.17) is 18.0 Å². The second-order valence-electron chi connectivity index (χ2n) is 4.80. The SMILES string of the molecule is CCCCN(c1ccc(F)cc1C(N)=S)C1CC1. The number of halogens is 1. The standard InChI is InChI=1S/C14H19FN2S/c1-2-3-8-17(11-5-6-11)13-7-4-10(15)9-12(13)14(16)18/h4,7,9,11H,2-3,5-6,8H2,1H3,(H2,16,18). The third-order valence-corrected chi connectivity index (χ3v) is 3.49. The minimum absolute atomic E-state index is 0.270. The predicted molar refractivity (Wildman–Crippen MR) is 77.6 cm³/mol. The Bertz CT molecular complexity index is 443. The Morgan fingerprint density at radius 3 is 2.78 bits per heavy atom. The van der Waals surface area contributed by atoms with Crippen LogP contribution in [0.25, 0.3) is 0 Å². The molecule has 0 heterocycles. The lowest BCUT2D eigenvalue weighted by atomic mass is 10.1. The van der Waals surface area contributed by atoms with E-state index in [0.29, 0.717) is 11.6 Å². The van der Waals surface area contributed by atoms with Crippen molar-refractivity contribution in [3.05, 3.63) is 29.6 Å². The summed E-state index contributed by atoms with van der Waals surface area (Å²) in [5.41, 5.74) is 7.35. The van der Waals surface area contributed by atoms with E-state index >= 15 is 0 Å². The van der Waals surface area contributed by atoms with E-state index in [0.717, 1.165) is 25.1 Å². The van der Waals surface area contributed by atoms with Gasteiger partial charge in [-0.15, -0.1) is 0 Å². The molecule has 2 rings (SSSR count). The molecule has 4 heteroatoms. The van der Waals surface area contributed by atoms with E-state index in [1.54, 1.807) is 6.07 Å². The maximum absolute atomic E-state index is 13.3. The summed E-state index contributed by atoms with van der Waals surface area (Å²) in [4.78, 5) is 2.60. The van der Waals surface area contributed by atoms with Crippen LogP contribution >= 0.6 is 12.2 Å². The van der Waals surface area contributed by atoms with Crippen LogP contribution in [0.4, 0.5) is 10.1 Å². The molecule has 0 aliphatic heterocycles. The summed E-state index contributed by atoms with van der Waals surface area (Å²) in [6.45, 7) is 3.16. The summed E-state index contributed by atoms with van der Waals surface area (Å²) in [6.07, 6.45) is 4.69. The number of unbranched alkanes of at least 4 members (excludes halogenated alkanes) is 1. The van der Waals surface area contributed by atoms with Gasteiger partial charge in [-0.05, 0) is 37.5 Å². The molecule has 1 saturated carbocycles. The molecule has 0 unspecified atom stereocenters. The Kier molecular flexibility index (Phi) is 4.17. The van der Waals surface area contributed by atoms with Gasteiger partial charge in [0.2, 0.25) is 0 Å². The summed E-state index contributed by atoms with van der Waals surface area (Å²) in [6, 6.07) is 5.31.